The largest absolute Gasteiger partial charge is 0.362 e. The van der Waals surface area contributed by atoms with E-state index in [1.54, 1.807) is 19.3 Å². The van der Waals surface area contributed by atoms with E-state index in [4.69, 9.17) is 26.4 Å². The molecule has 1 unspecified atom stereocenters. The van der Waals surface area contributed by atoms with Crippen molar-refractivity contribution in [2.24, 2.45) is 9.98 Å². The Bertz CT molecular complexity index is 1420. The number of carbonyl (C=O) groups is 2. The van der Waals surface area contributed by atoms with Gasteiger partial charge in [0.15, 0.2) is 0 Å². The van der Waals surface area contributed by atoms with Crippen molar-refractivity contribution < 1.29 is 9.59 Å². The van der Waals surface area contributed by atoms with Crippen LogP contribution in [0, 0.1) is 6.92 Å². The zero-order valence-corrected chi connectivity index (χ0v) is 22.0. The molecule has 0 aliphatic carbocycles. The second-order valence-electron chi connectivity index (χ2n) is 8.64. The first-order valence-electron chi connectivity index (χ1n) is 12.0. The van der Waals surface area contributed by atoms with Gasteiger partial charge in [-0.15, -0.1) is 0 Å². The number of aliphatic imine (C=N–C) groups is 2. The normalized spacial score (nSPS) is 16.8. The van der Waals surface area contributed by atoms with E-state index in [2.05, 4.69) is 32.3 Å². The van der Waals surface area contributed by atoms with Gasteiger partial charge < -0.3 is 21.3 Å². The zero-order valence-electron chi connectivity index (χ0n) is 21.2. The van der Waals surface area contributed by atoms with Crippen LogP contribution in [0.15, 0.2) is 88.1 Å². The summed E-state index contributed by atoms with van der Waals surface area (Å²) in [7, 11) is 1.56. The molecule has 2 aliphatic rings. The molecule has 10 heteroatoms. The number of amidine groups is 1. The Labute approximate surface area is 226 Å². The summed E-state index contributed by atoms with van der Waals surface area (Å²) in [5.41, 5.74) is 5.06. The summed E-state index contributed by atoms with van der Waals surface area (Å²) in [5, 5.41) is 12.2. The van der Waals surface area contributed by atoms with Crippen molar-refractivity contribution in [1.82, 2.24) is 15.6 Å². The Hall–Kier alpha value is -4.50. The highest BCUT2D eigenvalue weighted by atomic mass is 35.5. The van der Waals surface area contributed by atoms with Crippen LogP contribution in [-0.2, 0) is 16.0 Å². The van der Waals surface area contributed by atoms with Crippen LogP contribution in [0.2, 0.25) is 5.02 Å². The fraction of sp³-hybridized carbons (Fsp3) is 0.179. The van der Waals surface area contributed by atoms with E-state index < -0.39 is 6.04 Å². The van der Waals surface area contributed by atoms with Crippen LogP contribution in [-0.4, -0.2) is 36.1 Å². The van der Waals surface area contributed by atoms with Gasteiger partial charge >= 0.3 is 0 Å². The molecule has 2 amide bonds. The fourth-order valence-corrected chi connectivity index (χ4v) is 4.33. The van der Waals surface area contributed by atoms with Gasteiger partial charge in [0, 0.05) is 41.6 Å². The molecule has 0 fully saturated rings. The molecular formula is C28H28ClN7O2. The number of nitrogens with one attached hydrogen (secondary N) is 4. The number of fused-ring (bicyclic) bond motifs is 1. The van der Waals surface area contributed by atoms with Gasteiger partial charge in [-0.25, -0.2) is 9.98 Å². The Morgan fingerprint density at radius 2 is 1.84 bits per heavy atom. The molecule has 0 bridgehead atoms. The van der Waals surface area contributed by atoms with Gasteiger partial charge in [-0.3, -0.25) is 9.59 Å². The summed E-state index contributed by atoms with van der Waals surface area (Å²) in [6.45, 7) is 3.79. The Morgan fingerprint density at radius 3 is 2.55 bits per heavy atom. The smallest absolute Gasteiger partial charge is 0.257 e. The number of anilines is 2. The van der Waals surface area contributed by atoms with Crippen LogP contribution in [0.25, 0.3) is 0 Å². The number of aryl methyl sites for hydroxylation is 1. The molecule has 5 rings (SSSR count). The molecule has 0 radical (unpaired) electrons. The summed E-state index contributed by atoms with van der Waals surface area (Å²) < 4.78 is 0. The van der Waals surface area contributed by atoms with Crippen molar-refractivity contribution in [2.45, 2.75) is 26.3 Å². The lowest BCUT2D eigenvalue weighted by atomic mass is 9.95. The molecule has 2 aromatic carbocycles. The fourth-order valence-electron chi connectivity index (χ4n) is 4.09. The molecule has 3 heterocycles. The minimum atomic E-state index is -0.622. The van der Waals surface area contributed by atoms with E-state index in [-0.39, 0.29) is 5.91 Å². The number of para-hydroxylation sites is 1. The first-order chi connectivity index (χ1) is 18.4. The number of hydrogen-bond acceptors (Lipinski definition) is 6. The highest BCUT2D eigenvalue weighted by Crippen LogP contribution is 2.35. The molecule has 0 saturated carbocycles. The number of halogens is 1. The molecule has 0 saturated heterocycles. The molecule has 2 aliphatic heterocycles. The van der Waals surface area contributed by atoms with Crippen LogP contribution in [0.4, 0.5) is 11.5 Å². The molecular weight excluding hydrogens is 502 g/mol. The summed E-state index contributed by atoms with van der Waals surface area (Å²) in [4.78, 5) is 36.2. The molecule has 9 nitrogen and oxygen atoms in total. The van der Waals surface area contributed by atoms with Gasteiger partial charge in [0.1, 0.15) is 17.7 Å². The predicted octanol–water partition coefficient (Wildman–Crippen LogP) is 4.39. The highest BCUT2D eigenvalue weighted by molar-refractivity contribution is 6.31. The summed E-state index contributed by atoms with van der Waals surface area (Å²) in [6, 6.07) is 18.6. The SMILES string of the molecule is CC1=C(C(=O)Nc2cc(C)ccn2)C(c2ccccc2Cl)N=C(/N=C2/Cc3ccccc3N2)N1.CNC=O. The second kappa shape index (κ2) is 12.2. The second-order valence-corrected chi connectivity index (χ2v) is 9.04. The number of guanidine groups is 1. The topological polar surface area (TPSA) is 120 Å². The third kappa shape index (κ3) is 6.24. The van der Waals surface area contributed by atoms with Gasteiger partial charge in [0.25, 0.3) is 5.91 Å². The van der Waals surface area contributed by atoms with Crippen LogP contribution in [0.5, 0.6) is 0 Å². The van der Waals surface area contributed by atoms with Crippen LogP contribution >= 0.6 is 11.6 Å². The molecule has 194 valence electrons. The number of hydrogen-bond donors (Lipinski definition) is 4. The number of nitrogens with zero attached hydrogens (tertiary/aromatic N) is 3. The average molecular weight is 530 g/mol. The monoisotopic (exact) mass is 529 g/mol. The molecule has 3 aromatic rings. The van der Waals surface area contributed by atoms with Crippen molar-refractivity contribution in [3.63, 3.8) is 0 Å². The molecule has 0 spiro atoms. The van der Waals surface area contributed by atoms with Gasteiger partial charge in [-0.1, -0.05) is 48.0 Å². The standard InChI is InChI=1S/C26H23ClN6O.C2H5NO/c1-15-11-12-28-21(13-15)31-25(34)23-16(2)29-26(33-24(23)18-8-4-5-9-19(18)27)32-22-14-17-7-3-6-10-20(17)30-22;1-3-2-4/h3-13,24H,14H2,1-2H3,(H,28,31,34)(H2,29,30,32,33);2H,1H3,(H,3,4). The number of allylic oxidation sites excluding steroid dienone is 1. The van der Waals surface area contributed by atoms with E-state index in [1.807, 2.05) is 62.4 Å². The lowest BCUT2D eigenvalue weighted by Gasteiger charge is -2.26. The maximum atomic E-state index is 13.4. The summed E-state index contributed by atoms with van der Waals surface area (Å²) in [5.74, 6) is 1.39. The number of aromatic nitrogens is 1. The van der Waals surface area contributed by atoms with Crippen molar-refractivity contribution in [2.75, 3.05) is 17.7 Å². The molecule has 1 atom stereocenters. The molecule has 38 heavy (non-hydrogen) atoms. The minimum Gasteiger partial charge on any atom is -0.362 e. The average Bonchev–Trinajstić information content (AvgIpc) is 3.31. The number of pyridine rings is 1. The lowest BCUT2D eigenvalue weighted by molar-refractivity contribution is -0.113. The number of carbonyl (C=O) groups excluding carboxylic acids is 2. The van der Waals surface area contributed by atoms with Crippen molar-refractivity contribution in [3.8, 4) is 0 Å². The van der Waals surface area contributed by atoms with Crippen molar-refractivity contribution in [3.05, 3.63) is 99.8 Å². The first-order valence-corrected chi connectivity index (χ1v) is 12.3. The third-order valence-corrected chi connectivity index (χ3v) is 6.19. The van der Waals surface area contributed by atoms with Gasteiger partial charge in [-0.05, 0) is 49.2 Å². The Morgan fingerprint density at radius 1 is 1.11 bits per heavy atom. The van der Waals surface area contributed by atoms with Crippen LogP contribution < -0.4 is 21.3 Å². The van der Waals surface area contributed by atoms with E-state index in [1.165, 1.54) is 5.56 Å². The van der Waals surface area contributed by atoms with Gasteiger partial charge in [-0.2, -0.15) is 4.99 Å². The predicted molar refractivity (Wildman–Crippen MR) is 151 cm³/mol. The third-order valence-electron chi connectivity index (χ3n) is 5.84. The Balaban J connectivity index is 0.000000786. The van der Waals surface area contributed by atoms with Crippen LogP contribution in [0.3, 0.4) is 0 Å². The number of benzene rings is 2. The first kappa shape index (κ1) is 26.6. The van der Waals surface area contributed by atoms with Crippen LogP contribution in [0.1, 0.15) is 29.7 Å². The minimum absolute atomic E-state index is 0.296. The van der Waals surface area contributed by atoms with E-state index >= 15 is 0 Å². The highest BCUT2D eigenvalue weighted by Gasteiger charge is 2.31. The van der Waals surface area contributed by atoms with E-state index in [0.717, 1.165) is 22.6 Å². The summed E-state index contributed by atoms with van der Waals surface area (Å²) in [6.07, 6.45) is 2.97. The number of amides is 2. The van der Waals surface area contributed by atoms with Crippen molar-refractivity contribution >= 4 is 47.2 Å². The summed E-state index contributed by atoms with van der Waals surface area (Å²) >= 11 is 6.53. The van der Waals surface area contributed by atoms with Gasteiger partial charge in [0.2, 0.25) is 12.4 Å². The molecule has 1 aromatic heterocycles. The van der Waals surface area contributed by atoms with E-state index in [9.17, 15) is 4.79 Å². The lowest BCUT2D eigenvalue weighted by Crippen LogP contribution is -2.33. The zero-order chi connectivity index (χ0) is 27.1. The maximum absolute atomic E-state index is 13.4. The Kier molecular flexibility index (Phi) is 8.50. The molecule has 4 N–H and O–H groups in total. The quantitative estimate of drug-likeness (QED) is 0.374. The number of rotatable bonds is 4. The maximum Gasteiger partial charge on any atom is 0.257 e. The van der Waals surface area contributed by atoms with Crippen molar-refractivity contribution in [1.29, 1.82) is 0 Å². The van der Waals surface area contributed by atoms with E-state index in [0.29, 0.717) is 40.9 Å². The van der Waals surface area contributed by atoms with Gasteiger partial charge in [0.05, 0.1) is 5.57 Å².